The Morgan fingerprint density at radius 2 is 1.63 bits per heavy atom. The first kappa shape index (κ1) is 22.2. The summed E-state index contributed by atoms with van der Waals surface area (Å²) in [7, 11) is 0. The fraction of sp³-hybridized carbons (Fsp3) is 0.292. The maximum Gasteiger partial charge on any atom is 0.349 e. The van der Waals surface area contributed by atoms with Crippen LogP contribution < -0.4 is 4.74 Å². The second-order valence-corrected chi connectivity index (χ2v) is 7.64. The summed E-state index contributed by atoms with van der Waals surface area (Å²) in [6.07, 6.45) is 5.73. The minimum absolute atomic E-state index is 0.0261. The van der Waals surface area contributed by atoms with Crippen LogP contribution in [0.3, 0.4) is 0 Å². The molecular weight excluding hydrogens is 413 g/mol. The molecule has 0 saturated carbocycles. The van der Waals surface area contributed by atoms with Gasteiger partial charge >= 0.3 is 5.97 Å². The summed E-state index contributed by atoms with van der Waals surface area (Å²) < 4.78 is 48.0. The smallest absolute Gasteiger partial charge is 0.349 e. The predicted molar refractivity (Wildman–Crippen MR) is 113 cm³/mol. The van der Waals surface area contributed by atoms with Crippen LogP contribution in [0.4, 0.5) is 13.2 Å². The molecule has 6 heteroatoms. The number of halogens is 4. The molecule has 0 N–H and O–H groups in total. The number of esters is 1. The summed E-state index contributed by atoms with van der Waals surface area (Å²) in [6.45, 7) is 2.12. The molecule has 0 fully saturated rings. The normalized spacial score (nSPS) is 11.1. The Labute approximate surface area is 178 Å². The molecule has 2 nitrogen and oxygen atoms in total. The third-order valence-corrected chi connectivity index (χ3v) is 5.26. The number of fused-ring (bicyclic) bond motifs is 1. The summed E-state index contributed by atoms with van der Waals surface area (Å²) in [5.74, 6) is -3.60. The van der Waals surface area contributed by atoms with Gasteiger partial charge < -0.3 is 4.74 Å². The first-order valence-corrected chi connectivity index (χ1v) is 10.4. The van der Waals surface area contributed by atoms with Crippen LogP contribution >= 0.6 is 11.6 Å². The van der Waals surface area contributed by atoms with Gasteiger partial charge in [0.25, 0.3) is 0 Å². The highest BCUT2D eigenvalue weighted by atomic mass is 35.5. The number of carbonyl (C=O) groups excluding carboxylic acids is 1. The molecule has 0 heterocycles. The minimum Gasteiger partial charge on any atom is -0.423 e. The molecule has 0 aromatic heterocycles. The van der Waals surface area contributed by atoms with Gasteiger partial charge in [-0.1, -0.05) is 50.3 Å². The van der Waals surface area contributed by atoms with Crippen molar-refractivity contribution in [3.63, 3.8) is 0 Å². The molecule has 0 bridgehead atoms. The average molecular weight is 435 g/mol. The summed E-state index contributed by atoms with van der Waals surface area (Å²) in [6, 6.07) is 9.45. The van der Waals surface area contributed by atoms with E-state index in [1.165, 1.54) is 36.4 Å². The molecule has 3 aromatic carbocycles. The van der Waals surface area contributed by atoms with E-state index in [0.717, 1.165) is 32.1 Å². The van der Waals surface area contributed by atoms with Crippen molar-refractivity contribution >= 4 is 28.3 Å². The van der Waals surface area contributed by atoms with Gasteiger partial charge in [-0.15, -0.1) is 0 Å². The molecule has 3 rings (SSSR count). The zero-order valence-electron chi connectivity index (χ0n) is 16.6. The maximum atomic E-state index is 14.4. The fourth-order valence-corrected chi connectivity index (χ4v) is 3.53. The van der Waals surface area contributed by atoms with Crippen LogP contribution in [0.15, 0.2) is 42.5 Å². The molecule has 3 aromatic rings. The lowest BCUT2D eigenvalue weighted by atomic mass is 10.0. The van der Waals surface area contributed by atoms with E-state index in [-0.39, 0.29) is 16.2 Å². The molecule has 0 atom stereocenters. The second-order valence-electron chi connectivity index (χ2n) is 7.23. The molecule has 0 aliphatic carbocycles. The van der Waals surface area contributed by atoms with Gasteiger partial charge in [-0.25, -0.2) is 18.0 Å². The van der Waals surface area contributed by atoms with Crippen molar-refractivity contribution in [3.05, 3.63) is 76.1 Å². The van der Waals surface area contributed by atoms with Gasteiger partial charge in [-0.05, 0) is 60.2 Å². The van der Waals surface area contributed by atoms with Gasteiger partial charge in [0.1, 0.15) is 28.8 Å². The highest BCUT2D eigenvalue weighted by molar-refractivity contribution is 6.31. The molecule has 0 spiro atoms. The molecule has 0 aliphatic heterocycles. The summed E-state index contributed by atoms with van der Waals surface area (Å²) in [5, 5.41) is 0.673. The van der Waals surface area contributed by atoms with Crippen molar-refractivity contribution < 1.29 is 22.7 Å². The van der Waals surface area contributed by atoms with E-state index in [1.807, 2.05) is 0 Å². The Kier molecular flexibility index (Phi) is 7.38. The summed E-state index contributed by atoms with van der Waals surface area (Å²) >= 11 is 5.75. The van der Waals surface area contributed by atoms with E-state index in [2.05, 4.69) is 6.92 Å². The highest BCUT2D eigenvalue weighted by Crippen LogP contribution is 2.28. The Morgan fingerprint density at radius 3 is 2.33 bits per heavy atom. The number of rotatable bonds is 8. The van der Waals surface area contributed by atoms with Crippen LogP contribution in [0.25, 0.3) is 10.8 Å². The SMILES string of the molecule is CCCCCCCc1cc(F)c(C(=O)Oc2ccc3c(F)c(Cl)ccc3c2)c(F)c1. The van der Waals surface area contributed by atoms with E-state index in [1.54, 1.807) is 6.07 Å². The number of benzene rings is 3. The lowest BCUT2D eigenvalue weighted by molar-refractivity contribution is 0.0725. The summed E-state index contributed by atoms with van der Waals surface area (Å²) in [5.41, 5.74) is -0.233. The van der Waals surface area contributed by atoms with E-state index < -0.39 is 29.0 Å². The van der Waals surface area contributed by atoms with Gasteiger partial charge in [0.2, 0.25) is 0 Å². The van der Waals surface area contributed by atoms with Crippen LogP contribution in [0.2, 0.25) is 5.02 Å². The number of ether oxygens (including phenoxy) is 1. The molecular formula is C24H22ClF3O2. The van der Waals surface area contributed by atoms with Crippen molar-refractivity contribution in [2.24, 2.45) is 0 Å². The number of aryl methyl sites for hydroxylation is 1. The van der Waals surface area contributed by atoms with E-state index in [9.17, 15) is 18.0 Å². The predicted octanol–water partition coefficient (Wildman–Crippen LogP) is 7.64. The molecule has 0 saturated heterocycles. The number of hydrogen-bond acceptors (Lipinski definition) is 2. The van der Waals surface area contributed by atoms with Crippen LogP contribution in [-0.2, 0) is 6.42 Å². The first-order valence-electron chi connectivity index (χ1n) is 9.98. The van der Waals surface area contributed by atoms with Crippen molar-refractivity contribution in [2.45, 2.75) is 45.4 Å². The van der Waals surface area contributed by atoms with Gasteiger partial charge in [-0.3, -0.25) is 0 Å². The molecule has 0 amide bonds. The maximum absolute atomic E-state index is 14.4. The quantitative estimate of drug-likeness (QED) is 0.207. The Morgan fingerprint density at radius 1 is 0.933 bits per heavy atom. The minimum atomic E-state index is -1.15. The Bertz CT molecular complexity index is 1040. The van der Waals surface area contributed by atoms with Crippen LogP contribution in [-0.4, -0.2) is 5.97 Å². The molecule has 0 radical (unpaired) electrons. The fourth-order valence-electron chi connectivity index (χ4n) is 3.36. The topological polar surface area (TPSA) is 26.3 Å². The van der Waals surface area contributed by atoms with Crippen LogP contribution in [0, 0.1) is 17.5 Å². The molecule has 0 unspecified atom stereocenters. The number of hydrogen-bond donors (Lipinski definition) is 0. The van der Waals surface area contributed by atoms with E-state index in [0.29, 0.717) is 17.4 Å². The van der Waals surface area contributed by atoms with Crippen LogP contribution in [0.1, 0.15) is 54.9 Å². The molecule has 0 aliphatic rings. The molecule has 158 valence electrons. The van der Waals surface area contributed by atoms with E-state index in [4.69, 9.17) is 16.3 Å². The second kappa shape index (κ2) is 9.98. The number of carbonyl (C=O) groups is 1. The lowest BCUT2D eigenvalue weighted by Gasteiger charge is -2.10. The van der Waals surface area contributed by atoms with Gasteiger partial charge in [-0.2, -0.15) is 0 Å². The highest BCUT2D eigenvalue weighted by Gasteiger charge is 2.21. The first-order chi connectivity index (χ1) is 14.4. The van der Waals surface area contributed by atoms with E-state index >= 15 is 0 Å². The zero-order valence-corrected chi connectivity index (χ0v) is 17.4. The Balaban J connectivity index is 1.73. The van der Waals surface area contributed by atoms with Gasteiger partial charge in [0.15, 0.2) is 0 Å². The standard InChI is InChI=1S/C24H22ClF3O2/c1-2-3-4-5-6-7-15-12-20(26)22(21(27)13-15)24(29)30-17-9-10-18-16(14-17)8-11-19(25)23(18)28/h8-14H,2-7H2,1H3. The zero-order chi connectivity index (χ0) is 21.7. The average Bonchev–Trinajstić information content (AvgIpc) is 2.70. The lowest BCUT2D eigenvalue weighted by Crippen LogP contribution is -2.14. The van der Waals surface area contributed by atoms with Crippen molar-refractivity contribution in [3.8, 4) is 5.75 Å². The number of unbranched alkanes of at least 4 members (excludes halogenated alkanes) is 4. The Hall–Kier alpha value is -2.53. The largest absolute Gasteiger partial charge is 0.423 e. The van der Waals surface area contributed by atoms with Gasteiger partial charge in [0.05, 0.1) is 5.02 Å². The third-order valence-electron chi connectivity index (χ3n) is 4.96. The molecule has 30 heavy (non-hydrogen) atoms. The summed E-state index contributed by atoms with van der Waals surface area (Å²) in [4.78, 5) is 12.4. The monoisotopic (exact) mass is 434 g/mol. The third kappa shape index (κ3) is 5.14. The van der Waals surface area contributed by atoms with Crippen LogP contribution in [0.5, 0.6) is 5.75 Å². The van der Waals surface area contributed by atoms with Gasteiger partial charge in [0, 0.05) is 5.39 Å². The van der Waals surface area contributed by atoms with Crippen molar-refractivity contribution in [1.29, 1.82) is 0 Å². The van der Waals surface area contributed by atoms with Crippen molar-refractivity contribution in [2.75, 3.05) is 0 Å². The van der Waals surface area contributed by atoms with Crippen molar-refractivity contribution in [1.82, 2.24) is 0 Å².